The summed E-state index contributed by atoms with van der Waals surface area (Å²) < 4.78 is 39.1. The second-order valence-corrected chi connectivity index (χ2v) is 5.86. The minimum Gasteiger partial charge on any atom is -0.348 e. The molecule has 0 saturated heterocycles. The number of hydrogen-bond donors (Lipinski definition) is 2. The van der Waals surface area contributed by atoms with Gasteiger partial charge in [-0.25, -0.2) is 4.98 Å². The van der Waals surface area contributed by atoms with Gasteiger partial charge in [-0.05, 0) is 12.8 Å². The Bertz CT molecular complexity index is 627. The number of amides is 1. The van der Waals surface area contributed by atoms with Gasteiger partial charge in [-0.3, -0.25) is 14.6 Å². The predicted molar refractivity (Wildman–Crippen MR) is 78.5 cm³/mol. The molecule has 2 unspecified atom stereocenters. The molecule has 0 aromatic carbocycles. The van der Waals surface area contributed by atoms with Crippen molar-refractivity contribution in [2.45, 2.75) is 37.9 Å². The van der Waals surface area contributed by atoms with Crippen molar-refractivity contribution in [2.75, 3.05) is 19.0 Å². The third-order valence-electron chi connectivity index (χ3n) is 3.89. The first-order valence-corrected chi connectivity index (χ1v) is 7.34. The minimum atomic E-state index is -4.35. The monoisotopic (exact) mass is 332 g/mol. The molecule has 1 aliphatic carbocycles. The zero-order valence-electron chi connectivity index (χ0n) is 12.9. The molecule has 2 rings (SSSR count). The van der Waals surface area contributed by atoms with E-state index in [4.69, 9.17) is 0 Å². The van der Waals surface area contributed by atoms with Gasteiger partial charge in [0.1, 0.15) is 5.69 Å². The lowest BCUT2D eigenvalue weighted by molar-refractivity contribution is -0.187. The van der Waals surface area contributed by atoms with Crippen LogP contribution in [0.25, 0.3) is 0 Å². The van der Waals surface area contributed by atoms with Crippen LogP contribution in [0.3, 0.4) is 0 Å². The van der Waals surface area contributed by atoms with Gasteiger partial charge < -0.3 is 10.2 Å². The van der Waals surface area contributed by atoms with Gasteiger partial charge in [0.15, 0.2) is 0 Å². The van der Waals surface area contributed by atoms with Gasteiger partial charge in [0.25, 0.3) is 11.5 Å². The van der Waals surface area contributed by atoms with E-state index in [9.17, 15) is 22.8 Å². The van der Waals surface area contributed by atoms with Crippen molar-refractivity contribution in [3.05, 3.63) is 22.1 Å². The van der Waals surface area contributed by atoms with Crippen LogP contribution < -0.4 is 15.8 Å². The first kappa shape index (κ1) is 17.3. The van der Waals surface area contributed by atoms with Crippen LogP contribution in [0.2, 0.25) is 0 Å². The van der Waals surface area contributed by atoms with Crippen molar-refractivity contribution >= 4 is 11.9 Å². The van der Waals surface area contributed by atoms with E-state index >= 15 is 0 Å². The van der Waals surface area contributed by atoms with Crippen molar-refractivity contribution in [2.24, 2.45) is 5.92 Å². The molecule has 0 bridgehead atoms. The van der Waals surface area contributed by atoms with Crippen molar-refractivity contribution in [1.82, 2.24) is 15.3 Å². The number of aromatic nitrogens is 2. The van der Waals surface area contributed by atoms with Crippen LogP contribution in [0.15, 0.2) is 10.9 Å². The first-order chi connectivity index (χ1) is 10.7. The van der Waals surface area contributed by atoms with Gasteiger partial charge in [-0.2, -0.15) is 13.2 Å². The molecule has 1 saturated carbocycles. The molecule has 1 heterocycles. The maximum Gasteiger partial charge on any atom is 0.393 e. The molecule has 0 spiro atoms. The lowest BCUT2D eigenvalue weighted by Crippen LogP contribution is -2.48. The largest absolute Gasteiger partial charge is 0.393 e. The Kier molecular flexibility index (Phi) is 4.96. The molecule has 2 atom stereocenters. The Morgan fingerprint density at radius 2 is 2.00 bits per heavy atom. The normalized spacial score (nSPS) is 21.8. The van der Waals surface area contributed by atoms with Crippen LogP contribution in [0, 0.1) is 5.92 Å². The lowest BCUT2D eigenvalue weighted by Gasteiger charge is -2.33. The van der Waals surface area contributed by atoms with Gasteiger partial charge in [-0.1, -0.05) is 12.8 Å². The van der Waals surface area contributed by atoms with E-state index in [1.165, 1.54) is 4.90 Å². The third kappa shape index (κ3) is 4.23. The molecule has 0 aliphatic heterocycles. The highest BCUT2D eigenvalue weighted by Gasteiger charge is 2.46. The van der Waals surface area contributed by atoms with Crippen LogP contribution in [0.5, 0.6) is 0 Å². The summed E-state index contributed by atoms with van der Waals surface area (Å²) in [7, 11) is 3.25. The SMILES string of the molecule is CN(C)c1nc(C(=O)NC2CCCCC2C(F)(F)F)cc(=O)[nH]1. The number of hydrogen-bond acceptors (Lipinski definition) is 4. The van der Waals surface area contributed by atoms with Gasteiger partial charge >= 0.3 is 6.18 Å². The first-order valence-electron chi connectivity index (χ1n) is 7.34. The number of H-pyrrole nitrogens is 1. The Morgan fingerprint density at radius 1 is 1.35 bits per heavy atom. The summed E-state index contributed by atoms with van der Waals surface area (Å²) in [5.74, 6) is -2.16. The molecule has 23 heavy (non-hydrogen) atoms. The zero-order chi connectivity index (χ0) is 17.2. The number of nitrogens with one attached hydrogen (secondary N) is 2. The Balaban J connectivity index is 2.19. The molecule has 128 valence electrons. The summed E-state index contributed by atoms with van der Waals surface area (Å²) in [6.07, 6.45) is -2.97. The molecule has 2 N–H and O–H groups in total. The Hall–Kier alpha value is -2.06. The minimum absolute atomic E-state index is 0.000194. The fourth-order valence-electron chi connectivity index (χ4n) is 2.71. The summed E-state index contributed by atoms with van der Waals surface area (Å²) in [6.45, 7) is 0. The highest BCUT2D eigenvalue weighted by atomic mass is 19.4. The van der Waals surface area contributed by atoms with Gasteiger partial charge in [0.2, 0.25) is 5.95 Å². The van der Waals surface area contributed by atoms with Crippen LogP contribution in [-0.2, 0) is 0 Å². The molecule has 1 aromatic rings. The van der Waals surface area contributed by atoms with Crippen molar-refractivity contribution in [3.8, 4) is 0 Å². The summed E-state index contributed by atoms with van der Waals surface area (Å²) in [5, 5.41) is 2.39. The maximum atomic E-state index is 13.0. The van der Waals surface area contributed by atoms with Gasteiger partial charge in [-0.15, -0.1) is 0 Å². The summed E-state index contributed by atoms with van der Waals surface area (Å²) in [6, 6.07) is -0.00606. The fraction of sp³-hybridized carbons (Fsp3) is 0.643. The molecule has 9 heteroatoms. The topological polar surface area (TPSA) is 78.1 Å². The third-order valence-corrected chi connectivity index (χ3v) is 3.89. The van der Waals surface area contributed by atoms with Gasteiger partial charge in [0.05, 0.1) is 5.92 Å². The van der Waals surface area contributed by atoms with Crippen LogP contribution in [0.4, 0.5) is 19.1 Å². The van der Waals surface area contributed by atoms with Crippen molar-refractivity contribution < 1.29 is 18.0 Å². The smallest absolute Gasteiger partial charge is 0.348 e. The number of rotatable bonds is 3. The average Bonchev–Trinajstić information content (AvgIpc) is 2.46. The highest BCUT2D eigenvalue weighted by molar-refractivity contribution is 5.92. The standard InChI is InChI=1S/C14H19F3N4O2/c1-21(2)13-19-10(7-11(22)20-13)12(23)18-9-6-4-3-5-8(9)14(15,16)17/h7-9H,3-6H2,1-2H3,(H,18,23)(H,19,20,22). The van der Waals surface area contributed by atoms with E-state index in [1.54, 1.807) is 14.1 Å². The van der Waals surface area contributed by atoms with Crippen molar-refractivity contribution in [3.63, 3.8) is 0 Å². The number of carbonyl (C=O) groups is 1. The fourth-order valence-corrected chi connectivity index (χ4v) is 2.71. The number of alkyl halides is 3. The highest BCUT2D eigenvalue weighted by Crippen LogP contribution is 2.37. The Morgan fingerprint density at radius 3 is 2.61 bits per heavy atom. The number of aromatic amines is 1. The number of halogens is 3. The van der Waals surface area contributed by atoms with E-state index < -0.39 is 29.6 Å². The summed E-state index contributed by atoms with van der Waals surface area (Å²) >= 11 is 0. The molecule has 1 aromatic heterocycles. The summed E-state index contributed by atoms with van der Waals surface area (Å²) in [5.41, 5.74) is -0.728. The summed E-state index contributed by atoms with van der Waals surface area (Å²) in [4.78, 5) is 31.7. The van der Waals surface area contributed by atoms with E-state index in [0.29, 0.717) is 12.8 Å². The van der Waals surface area contributed by atoms with Crippen molar-refractivity contribution in [1.29, 1.82) is 0 Å². The molecular formula is C14H19F3N4O2. The number of anilines is 1. The molecule has 6 nitrogen and oxygen atoms in total. The zero-order valence-corrected chi connectivity index (χ0v) is 12.9. The molecule has 1 amide bonds. The van der Waals surface area contributed by atoms with E-state index in [2.05, 4.69) is 15.3 Å². The van der Waals surface area contributed by atoms with Crippen LogP contribution in [0.1, 0.15) is 36.2 Å². The second kappa shape index (κ2) is 6.59. The quantitative estimate of drug-likeness (QED) is 0.883. The predicted octanol–water partition coefficient (Wildman–Crippen LogP) is 1.69. The molecule has 1 aliphatic rings. The van der Waals surface area contributed by atoms with E-state index in [-0.39, 0.29) is 24.5 Å². The number of nitrogens with zero attached hydrogens (tertiary/aromatic N) is 2. The second-order valence-electron chi connectivity index (χ2n) is 5.86. The molecular weight excluding hydrogens is 313 g/mol. The molecule has 1 fully saturated rings. The number of carbonyl (C=O) groups excluding carboxylic acids is 1. The van der Waals surface area contributed by atoms with Gasteiger partial charge in [0, 0.05) is 26.2 Å². The van der Waals surface area contributed by atoms with Crippen LogP contribution >= 0.6 is 0 Å². The van der Waals surface area contributed by atoms with E-state index in [1.807, 2.05) is 0 Å². The average molecular weight is 332 g/mol. The lowest BCUT2D eigenvalue weighted by atomic mass is 9.84. The van der Waals surface area contributed by atoms with E-state index in [0.717, 1.165) is 6.07 Å². The Labute approximate surface area is 131 Å². The van der Waals surface area contributed by atoms with Crippen LogP contribution in [-0.4, -0.2) is 42.2 Å². The maximum absolute atomic E-state index is 13.0. The molecule has 0 radical (unpaired) electrons.